The van der Waals surface area contributed by atoms with Gasteiger partial charge in [0.2, 0.25) is 0 Å². The molecule has 0 radical (unpaired) electrons. The minimum Gasteiger partial charge on any atom is -0.271 e. The molecule has 1 aliphatic rings. The number of thioether (sulfide) groups is 2. The highest BCUT2D eigenvalue weighted by molar-refractivity contribution is 8.07. The van der Waals surface area contributed by atoms with Crippen LogP contribution in [0, 0.1) is 5.92 Å². The van der Waals surface area contributed by atoms with E-state index in [0.717, 1.165) is 10.5 Å². The minimum atomic E-state index is 0.474. The van der Waals surface area contributed by atoms with Gasteiger partial charge in [-0.05, 0) is 5.92 Å². The fourth-order valence-electron chi connectivity index (χ4n) is 2.34. The zero-order chi connectivity index (χ0) is 12.1. The molecule has 0 aliphatic carbocycles. The topological polar surface area (TPSA) is 38.0 Å². The van der Waals surface area contributed by atoms with Crippen LogP contribution in [0.15, 0.2) is 0 Å². The molecule has 1 fully saturated rings. The molecule has 16 heavy (non-hydrogen) atoms. The molecule has 3 N–H and O–H groups in total. The van der Waals surface area contributed by atoms with Crippen molar-refractivity contribution in [1.82, 2.24) is 5.43 Å². The van der Waals surface area contributed by atoms with Crippen molar-refractivity contribution in [1.29, 1.82) is 0 Å². The highest BCUT2D eigenvalue weighted by atomic mass is 32.2. The Kier molecular flexibility index (Phi) is 6.55. The number of hydrazine groups is 1. The van der Waals surface area contributed by atoms with Gasteiger partial charge < -0.3 is 0 Å². The van der Waals surface area contributed by atoms with Gasteiger partial charge in [0.05, 0.1) is 0 Å². The third kappa shape index (κ3) is 3.56. The van der Waals surface area contributed by atoms with E-state index in [1.165, 1.54) is 18.6 Å². The van der Waals surface area contributed by atoms with Gasteiger partial charge in [-0.25, -0.2) is 0 Å². The lowest BCUT2D eigenvalue weighted by Crippen LogP contribution is -2.50. The van der Waals surface area contributed by atoms with Crippen LogP contribution in [-0.4, -0.2) is 27.5 Å². The van der Waals surface area contributed by atoms with Crippen molar-refractivity contribution in [3.8, 4) is 0 Å². The molecule has 4 heteroatoms. The molecule has 0 saturated carbocycles. The second-order valence-corrected chi connectivity index (χ2v) is 7.72. The summed E-state index contributed by atoms with van der Waals surface area (Å²) in [5.41, 5.74) is 3.07. The van der Waals surface area contributed by atoms with Gasteiger partial charge in [-0.15, -0.1) is 0 Å². The second-order valence-electron chi connectivity index (χ2n) is 4.69. The van der Waals surface area contributed by atoms with Crippen LogP contribution >= 0.6 is 23.5 Å². The normalized spacial score (nSPS) is 33.0. The van der Waals surface area contributed by atoms with Crippen LogP contribution in [-0.2, 0) is 0 Å². The monoisotopic (exact) mass is 262 g/mol. The van der Waals surface area contributed by atoms with Crippen molar-refractivity contribution in [2.75, 3.05) is 5.75 Å². The number of rotatable bonds is 5. The van der Waals surface area contributed by atoms with E-state index in [1.54, 1.807) is 0 Å². The number of nitrogens with two attached hydrogens (primary N) is 1. The Bertz CT molecular complexity index is 197. The van der Waals surface area contributed by atoms with Gasteiger partial charge in [-0.2, -0.15) is 23.5 Å². The van der Waals surface area contributed by atoms with E-state index < -0.39 is 0 Å². The predicted octanol–water partition coefficient (Wildman–Crippen LogP) is 2.88. The van der Waals surface area contributed by atoms with Crippen LogP contribution in [0.1, 0.15) is 40.5 Å². The Morgan fingerprint density at radius 1 is 1.25 bits per heavy atom. The van der Waals surface area contributed by atoms with E-state index in [9.17, 15) is 0 Å². The first-order chi connectivity index (χ1) is 7.63. The molecule has 4 atom stereocenters. The fourth-order valence-corrected chi connectivity index (χ4v) is 5.53. The van der Waals surface area contributed by atoms with Gasteiger partial charge >= 0.3 is 0 Å². The van der Waals surface area contributed by atoms with Gasteiger partial charge in [0.15, 0.2) is 0 Å². The smallest absolute Gasteiger partial charge is 0.0365 e. The minimum absolute atomic E-state index is 0.474. The second kappa shape index (κ2) is 7.14. The van der Waals surface area contributed by atoms with Crippen molar-refractivity contribution in [2.24, 2.45) is 11.8 Å². The summed E-state index contributed by atoms with van der Waals surface area (Å²) < 4.78 is 0. The lowest BCUT2D eigenvalue weighted by Gasteiger charge is -2.38. The van der Waals surface area contributed by atoms with E-state index in [-0.39, 0.29) is 0 Å². The molecule has 1 saturated heterocycles. The van der Waals surface area contributed by atoms with Gasteiger partial charge in [-0.1, -0.05) is 40.5 Å². The van der Waals surface area contributed by atoms with Gasteiger partial charge in [-0.3, -0.25) is 11.3 Å². The Morgan fingerprint density at radius 3 is 2.31 bits per heavy atom. The van der Waals surface area contributed by atoms with Crippen LogP contribution in [0.5, 0.6) is 0 Å². The van der Waals surface area contributed by atoms with Crippen molar-refractivity contribution in [3.05, 3.63) is 0 Å². The van der Waals surface area contributed by atoms with Gasteiger partial charge in [0.1, 0.15) is 0 Å². The van der Waals surface area contributed by atoms with E-state index in [0.29, 0.717) is 17.2 Å². The average molecular weight is 262 g/mol. The van der Waals surface area contributed by atoms with E-state index in [2.05, 4.69) is 56.6 Å². The molecule has 0 bridgehead atoms. The van der Waals surface area contributed by atoms with Crippen molar-refractivity contribution < 1.29 is 0 Å². The number of nitrogens with one attached hydrogen (secondary N) is 1. The average Bonchev–Trinajstić information content (AvgIpc) is 2.29. The summed E-state index contributed by atoms with van der Waals surface area (Å²) in [7, 11) is 0. The molecule has 1 aliphatic heterocycles. The lowest BCUT2D eigenvalue weighted by molar-refractivity contribution is 0.336. The predicted molar refractivity (Wildman–Crippen MR) is 77.9 cm³/mol. The molecular weight excluding hydrogens is 236 g/mol. The SMILES string of the molecule is CCC(CC)C(NN)C1CSC(C)C(C)S1. The zero-order valence-electron chi connectivity index (χ0n) is 10.9. The molecule has 1 heterocycles. The van der Waals surface area contributed by atoms with E-state index in [4.69, 9.17) is 5.84 Å². The molecule has 4 unspecified atom stereocenters. The van der Waals surface area contributed by atoms with Gasteiger partial charge in [0, 0.05) is 27.5 Å². The largest absolute Gasteiger partial charge is 0.271 e. The first-order valence-corrected chi connectivity index (χ1v) is 8.36. The summed E-state index contributed by atoms with van der Waals surface area (Å²) in [6, 6.07) is 0.474. The Hall–Kier alpha value is 0.620. The summed E-state index contributed by atoms with van der Waals surface area (Å²) >= 11 is 4.22. The maximum atomic E-state index is 5.76. The third-order valence-electron chi connectivity index (χ3n) is 3.72. The fraction of sp³-hybridized carbons (Fsp3) is 1.00. The summed E-state index contributed by atoms with van der Waals surface area (Å²) in [4.78, 5) is 0. The molecule has 1 rings (SSSR count). The summed E-state index contributed by atoms with van der Waals surface area (Å²) in [6.45, 7) is 9.21. The molecule has 0 spiro atoms. The highest BCUT2D eigenvalue weighted by Crippen LogP contribution is 2.38. The molecule has 2 nitrogen and oxygen atoms in total. The molecule has 0 aromatic rings. The molecular formula is C12H26N2S2. The van der Waals surface area contributed by atoms with Crippen LogP contribution in [0.2, 0.25) is 0 Å². The summed E-state index contributed by atoms with van der Waals surface area (Å²) in [5, 5.41) is 2.20. The van der Waals surface area contributed by atoms with Crippen LogP contribution < -0.4 is 11.3 Å². The number of hydrogen-bond acceptors (Lipinski definition) is 4. The Morgan fingerprint density at radius 2 is 1.88 bits per heavy atom. The first kappa shape index (κ1) is 14.7. The Labute approximate surface area is 109 Å². The maximum absolute atomic E-state index is 5.76. The molecule has 0 aromatic heterocycles. The standard InChI is InChI=1S/C12H26N2S2/c1-5-10(6-2)12(14-13)11-7-15-8(3)9(4)16-11/h8-12,14H,5-7,13H2,1-4H3. The number of hydrogen-bond donors (Lipinski definition) is 2. The first-order valence-electron chi connectivity index (χ1n) is 6.37. The van der Waals surface area contributed by atoms with Crippen LogP contribution in [0.25, 0.3) is 0 Å². The quantitative estimate of drug-likeness (QED) is 0.590. The Balaban J connectivity index is 2.59. The van der Waals surface area contributed by atoms with Gasteiger partial charge in [0.25, 0.3) is 0 Å². The molecule has 0 amide bonds. The molecule has 96 valence electrons. The third-order valence-corrected chi connectivity index (χ3v) is 7.24. The van der Waals surface area contributed by atoms with E-state index >= 15 is 0 Å². The zero-order valence-corrected chi connectivity index (χ0v) is 12.5. The highest BCUT2D eigenvalue weighted by Gasteiger charge is 2.33. The molecule has 0 aromatic carbocycles. The van der Waals surface area contributed by atoms with Crippen LogP contribution in [0.4, 0.5) is 0 Å². The van der Waals surface area contributed by atoms with E-state index in [1.807, 2.05) is 0 Å². The van der Waals surface area contributed by atoms with Crippen molar-refractivity contribution >= 4 is 23.5 Å². The maximum Gasteiger partial charge on any atom is 0.0365 e. The van der Waals surface area contributed by atoms with Crippen molar-refractivity contribution in [2.45, 2.75) is 62.3 Å². The van der Waals surface area contributed by atoms with Crippen LogP contribution in [0.3, 0.4) is 0 Å². The summed E-state index contributed by atoms with van der Waals surface area (Å²) in [6.07, 6.45) is 2.44. The van der Waals surface area contributed by atoms with Crippen molar-refractivity contribution in [3.63, 3.8) is 0 Å². The summed E-state index contributed by atoms with van der Waals surface area (Å²) in [5.74, 6) is 7.71. The lowest BCUT2D eigenvalue weighted by atomic mass is 9.92.